The molecule has 1 amide bonds. The van der Waals surface area contributed by atoms with Crippen LogP contribution < -0.4 is 10.6 Å². The Morgan fingerprint density at radius 3 is 2.40 bits per heavy atom. The second-order valence-electron chi connectivity index (χ2n) is 8.28. The molecule has 3 N–H and O–H groups in total. The third kappa shape index (κ3) is 7.26. The minimum absolute atomic E-state index is 0.0175. The minimum Gasteiger partial charge on any atom is -0.481 e. The summed E-state index contributed by atoms with van der Waals surface area (Å²) in [5.74, 6) is -0.340. The van der Waals surface area contributed by atoms with Crippen molar-refractivity contribution in [2.75, 3.05) is 11.9 Å². The fourth-order valence-corrected chi connectivity index (χ4v) is 3.26. The van der Waals surface area contributed by atoms with Crippen molar-refractivity contribution in [3.8, 4) is 5.82 Å². The number of nitrogens with one attached hydrogen (secondary N) is 2. The van der Waals surface area contributed by atoms with Crippen molar-refractivity contribution in [2.45, 2.75) is 38.9 Å². The minimum atomic E-state index is -4.48. The van der Waals surface area contributed by atoms with Crippen LogP contribution in [0, 0.1) is 5.92 Å². The van der Waals surface area contributed by atoms with Gasteiger partial charge < -0.3 is 15.7 Å². The number of alkyl halides is 3. The Labute approximate surface area is 199 Å². The number of hydrogen-bond donors (Lipinski definition) is 3. The first-order chi connectivity index (χ1) is 16.5. The van der Waals surface area contributed by atoms with Gasteiger partial charge in [-0.15, -0.1) is 0 Å². The highest BCUT2D eigenvalue weighted by Crippen LogP contribution is 2.29. The van der Waals surface area contributed by atoms with Crippen LogP contribution in [0.15, 0.2) is 49.1 Å². The molecular weight excluding hydrogens is 465 g/mol. The smallest absolute Gasteiger partial charge is 0.419 e. The van der Waals surface area contributed by atoms with Gasteiger partial charge in [0, 0.05) is 25.1 Å². The monoisotopic (exact) mass is 490 g/mol. The average molecular weight is 490 g/mol. The molecule has 0 aliphatic rings. The normalized spacial score (nSPS) is 12.4. The molecule has 12 heteroatoms. The van der Waals surface area contributed by atoms with Gasteiger partial charge in [-0.05, 0) is 36.1 Å². The topological polar surface area (TPSA) is 122 Å². The molecule has 1 atom stereocenters. The van der Waals surface area contributed by atoms with Gasteiger partial charge in [0.1, 0.15) is 5.82 Å². The number of aliphatic carboxylic acids is 1. The van der Waals surface area contributed by atoms with Crippen molar-refractivity contribution < 1.29 is 27.9 Å². The van der Waals surface area contributed by atoms with Gasteiger partial charge in [-0.25, -0.2) is 14.6 Å². The number of nitrogens with zero attached hydrogens (tertiary/aromatic N) is 4. The highest BCUT2D eigenvalue weighted by Gasteiger charge is 2.32. The van der Waals surface area contributed by atoms with E-state index in [1.54, 1.807) is 30.5 Å². The van der Waals surface area contributed by atoms with Crippen molar-refractivity contribution in [3.63, 3.8) is 0 Å². The van der Waals surface area contributed by atoms with Crippen molar-refractivity contribution >= 4 is 17.7 Å². The predicted octanol–water partition coefficient (Wildman–Crippen LogP) is 4.08. The molecule has 0 unspecified atom stereocenters. The zero-order valence-electron chi connectivity index (χ0n) is 19.1. The Morgan fingerprint density at radius 1 is 1.09 bits per heavy atom. The Kier molecular flexibility index (Phi) is 8.05. The predicted molar refractivity (Wildman–Crippen MR) is 121 cm³/mol. The van der Waals surface area contributed by atoms with Crippen LogP contribution in [0.1, 0.15) is 54.2 Å². The van der Waals surface area contributed by atoms with Gasteiger partial charge in [-0.2, -0.15) is 18.3 Å². The van der Waals surface area contributed by atoms with Gasteiger partial charge in [0.15, 0.2) is 5.82 Å². The van der Waals surface area contributed by atoms with Crippen LogP contribution >= 0.6 is 0 Å². The summed E-state index contributed by atoms with van der Waals surface area (Å²) in [6, 6.07) is 6.39. The highest BCUT2D eigenvalue weighted by molar-refractivity contribution is 5.94. The molecule has 3 heterocycles. The fraction of sp³-hybridized carbons (Fsp3) is 0.348. The van der Waals surface area contributed by atoms with Gasteiger partial charge in [0.2, 0.25) is 0 Å². The third-order valence-corrected chi connectivity index (χ3v) is 5.00. The molecule has 35 heavy (non-hydrogen) atoms. The van der Waals surface area contributed by atoms with Crippen molar-refractivity contribution in [3.05, 3.63) is 65.7 Å². The van der Waals surface area contributed by atoms with Crippen LogP contribution in [0.2, 0.25) is 0 Å². The number of anilines is 1. The lowest BCUT2D eigenvalue weighted by Gasteiger charge is -2.21. The molecule has 0 fully saturated rings. The number of halogens is 3. The summed E-state index contributed by atoms with van der Waals surface area (Å²) in [5, 5.41) is 18.2. The van der Waals surface area contributed by atoms with Crippen LogP contribution in [-0.4, -0.2) is 43.3 Å². The zero-order chi connectivity index (χ0) is 25.6. The molecule has 0 bridgehead atoms. The number of carboxylic acids is 1. The van der Waals surface area contributed by atoms with Crippen molar-refractivity contribution in [1.82, 2.24) is 25.1 Å². The summed E-state index contributed by atoms with van der Waals surface area (Å²) >= 11 is 0. The van der Waals surface area contributed by atoms with Crippen LogP contribution in [0.5, 0.6) is 0 Å². The summed E-state index contributed by atoms with van der Waals surface area (Å²) in [7, 11) is 0. The number of hydrogen-bond acceptors (Lipinski definition) is 6. The van der Waals surface area contributed by atoms with Crippen LogP contribution in [-0.2, 0) is 11.0 Å². The Bertz CT molecular complexity index is 1140. The number of carbonyl (C=O) groups excluding carboxylic acids is 1. The number of aromatic nitrogens is 4. The van der Waals surface area contributed by atoms with E-state index in [-0.39, 0.29) is 24.8 Å². The first-order valence-electron chi connectivity index (χ1n) is 10.8. The number of amides is 1. The lowest BCUT2D eigenvalue weighted by Crippen LogP contribution is -2.26. The van der Waals surface area contributed by atoms with Gasteiger partial charge in [-0.1, -0.05) is 19.9 Å². The van der Waals surface area contributed by atoms with E-state index < -0.39 is 23.6 Å². The maximum absolute atomic E-state index is 12.8. The zero-order valence-corrected chi connectivity index (χ0v) is 19.1. The molecule has 9 nitrogen and oxygen atoms in total. The van der Waals surface area contributed by atoms with Crippen molar-refractivity contribution in [2.24, 2.45) is 5.92 Å². The number of rotatable bonds is 10. The molecule has 0 aliphatic carbocycles. The summed E-state index contributed by atoms with van der Waals surface area (Å²) in [4.78, 5) is 31.2. The summed E-state index contributed by atoms with van der Waals surface area (Å²) in [6.45, 7) is 4.12. The lowest BCUT2D eigenvalue weighted by atomic mass is 9.98. The maximum atomic E-state index is 12.8. The largest absolute Gasteiger partial charge is 0.481 e. The third-order valence-electron chi connectivity index (χ3n) is 5.00. The molecule has 186 valence electrons. The molecule has 3 aromatic heterocycles. The highest BCUT2D eigenvalue weighted by atomic mass is 19.4. The molecule has 0 saturated heterocycles. The van der Waals surface area contributed by atoms with Crippen LogP contribution in [0.3, 0.4) is 0 Å². The number of carbonyl (C=O) groups is 2. The maximum Gasteiger partial charge on any atom is 0.419 e. The van der Waals surface area contributed by atoms with Crippen LogP contribution in [0.25, 0.3) is 5.82 Å². The van der Waals surface area contributed by atoms with E-state index in [2.05, 4.69) is 39.5 Å². The van der Waals surface area contributed by atoms with Crippen molar-refractivity contribution in [1.29, 1.82) is 0 Å². The standard InChI is InChI=1S/C23H25F3N6O3/c1-14(2)9-18(31-19-5-3-16(11-28-19)22(35)27-8-7-21(33)34)15-4-6-20(29-10-15)32-13-17(12-30-32)23(24,25)26/h3-6,10-14,18H,7-9H2,1-2H3,(H,27,35)(H,28,31)(H,33,34)/t18-/m1/s1. The molecule has 0 spiro atoms. The number of carboxylic acid groups (broad SMARTS) is 1. The SMILES string of the molecule is CC(C)C[C@@H](Nc1ccc(C(=O)NCCC(=O)O)cn1)c1ccc(-n2cc(C(F)(F)F)cn2)nc1. The second-order valence-corrected chi connectivity index (χ2v) is 8.28. The Morgan fingerprint density at radius 2 is 1.86 bits per heavy atom. The quantitative estimate of drug-likeness (QED) is 0.391. The number of pyridine rings is 2. The van der Waals surface area contributed by atoms with E-state index in [9.17, 15) is 22.8 Å². The molecular formula is C23H25F3N6O3. The average Bonchev–Trinajstić information content (AvgIpc) is 3.30. The molecule has 0 aliphatic heterocycles. The second kappa shape index (κ2) is 11.0. The fourth-order valence-electron chi connectivity index (χ4n) is 3.26. The first-order valence-corrected chi connectivity index (χ1v) is 10.8. The van der Waals surface area contributed by atoms with Gasteiger partial charge >= 0.3 is 12.1 Å². The Balaban J connectivity index is 1.70. The molecule has 3 rings (SSSR count). The van der Waals surface area contributed by atoms with E-state index in [1.807, 2.05) is 0 Å². The first kappa shape index (κ1) is 25.7. The molecule has 0 aromatic carbocycles. The van der Waals surface area contributed by atoms with E-state index in [4.69, 9.17) is 5.11 Å². The van der Waals surface area contributed by atoms with E-state index >= 15 is 0 Å². The van der Waals surface area contributed by atoms with Gasteiger partial charge in [0.05, 0.1) is 29.8 Å². The molecule has 0 radical (unpaired) electrons. The summed E-state index contributed by atoms with van der Waals surface area (Å²) in [6.07, 6.45) is 0.672. The summed E-state index contributed by atoms with van der Waals surface area (Å²) in [5.41, 5.74) is 0.251. The summed E-state index contributed by atoms with van der Waals surface area (Å²) < 4.78 is 39.6. The van der Waals surface area contributed by atoms with Gasteiger partial charge in [-0.3, -0.25) is 9.59 Å². The van der Waals surface area contributed by atoms with E-state index in [1.165, 1.54) is 6.20 Å². The van der Waals surface area contributed by atoms with E-state index in [0.717, 1.165) is 29.1 Å². The molecule has 0 saturated carbocycles. The van der Waals surface area contributed by atoms with Gasteiger partial charge in [0.25, 0.3) is 5.91 Å². The lowest BCUT2D eigenvalue weighted by molar-refractivity contribution is -0.138. The van der Waals surface area contributed by atoms with Crippen LogP contribution in [0.4, 0.5) is 19.0 Å². The van der Waals surface area contributed by atoms with E-state index in [0.29, 0.717) is 17.3 Å². The molecule has 3 aromatic rings. The Hall–Kier alpha value is -3.96.